The number of anilines is 1. The van der Waals surface area contributed by atoms with Crippen molar-refractivity contribution in [3.8, 4) is 0 Å². The quantitative estimate of drug-likeness (QED) is 0.550. The second-order valence-electron chi connectivity index (χ2n) is 3.86. The second-order valence-corrected chi connectivity index (χ2v) is 3.86. The van der Waals surface area contributed by atoms with Crippen LogP contribution in [0.25, 0.3) is 0 Å². The van der Waals surface area contributed by atoms with E-state index in [1.54, 1.807) is 18.0 Å². The van der Waals surface area contributed by atoms with Crippen LogP contribution in [-0.2, 0) is 0 Å². The van der Waals surface area contributed by atoms with Crippen LogP contribution in [0.15, 0.2) is 18.2 Å². The number of hydrogen-bond donors (Lipinski definition) is 3. The monoisotopic (exact) mass is 234 g/mol. The molecule has 0 atom stereocenters. The molecule has 0 radical (unpaired) electrons. The molecule has 5 heteroatoms. The van der Waals surface area contributed by atoms with Crippen molar-refractivity contribution in [3.05, 3.63) is 29.3 Å². The van der Waals surface area contributed by atoms with Gasteiger partial charge in [0.25, 0.3) is 0 Å². The van der Waals surface area contributed by atoms with Gasteiger partial charge < -0.3 is 16.0 Å². The highest BCUT2D eigenvalue weighted by Gasteiger charge is 2.12. The van der Waals surface area contributed by atoms with Crippen LogP contribution in [0.4, 0.5) is 10.5 Å². The lowest BCUT2D eigenvalue weighted by atomic mass is 10.1. The molecule has 0 saturated heterocycles. The Morgan fingerprint density at radius 3 is 2.71 bits per heavy atom. The van der Waals surface area contributed by atoms with Crippen molar-refractivity contribution in [2.75, 3.05) is 18.9 Å². The maximum atomic E-state index is 11.7. The number of amides is 2. The first-order valence-electron chi connectivity index (χ1n) is 5.43. The van der Waals surface area contributed by atoms with Crippen LogP contribution < -0.4 is 11.1 Å². The first-order chi connectivity index (χ1) is 7.97. The molecule has 17 heavy (non-hydrogen) atoms. The summed E-state index contributed by atoms with van der Waals surface area (Å²) in [6.45, 7) is 4.37. The summed E-state index contributed by atoms with van der Waals surface area (Å²) in [6.07, 6.45) is 0. The molecule has 0 aliphatic heterocycles. The number of aryl methyl sites for hydroxylation is 1. The van der Waals surface area contributed by atoms with E-state index in [0.29, 0.717) is 17.8 Å². The van der Waals surface area contributed by atoms with E-state index in [-0.39, 0.29) is 11.9 Å². The number of nitrogens with two attached hydrogens (primary N) is 1. The molecule has 0 heterocycles. The summed E-state index contributed by atoms with van der Waals surface area (Å²) < 4.78 is 0. The molecular weight excluding hydrogens is 216 g/mol. The molecule has 0 bridgehead atoms. The number of benzene rings is 1. The van der Waals surface area contributed by atoms with E-state index in [1.165, 1.54) is 0 Å². The Kier molecular flexibility index (Phi) is 4.09. The average molecular weight is 234 g/mol. The van der Waals surface area contributed by atoms with Gasteiger partial charge in [0.1, 0.15) is 5.84 Å². The first kappa shape index (κ1) is 13.0. The standard InChI is InChI=1S/C12H18N4O/c1-4-16(3)12(17)15-9-7-5-6-8(2)10(9)11(13)14/h5-7H,4H2,1-3H3,(H3,13,14)(H,15,17). The van der Waals surface area contributed by atoms with Gasteiger partial charge in [0.05, 0.1) is 5.69 Å². The van der Waals surface area contributed by atoms with Gasteiger partial charge in [-0.25, -0.2) is 4.79 Å². The number of urea groups is 1. The van der Waals surface area contributed by atoms with Crippen LogP contribution in [0, 0.1) is 12.3 Å². The Balaban J connectivity index is 3.03. The average Bonchev–Trinajstić information content (AvgIpc) is 2.27. The Morgan fingerprint density at radius 1 is 1.53 bits per heavy atom. The van der Waals surface area contributed by atoms with Crippen molar-refractivity contribution in [1.29, 1.82) is 5.41 Å². The molecule has 1 aromatic carbocycles. The smallest absolute Gasteiger partial charge is 0.321 e. The zero-order chi connectivity index (χ0) is 13.0. The second kappa shape index (κ2) is 5.34. The summed E-state index contributed by atoms with van der Waals surface area (Å²) in [5.41, 5.74) is 7.53. The highest BCUT2D eigenvalue weighted by Crippen LogP contribution is 2.19. The Bertz CT molecular complexity index is 442. The number of nitrogens with zero attached hydrogens (tertiary/aromatic N) is 1. The number of rotatable bonds is 3. The number of hydrogen-bond acceptors (Lipinski definition) is 2. The molecule has 0 spiro atoms. The number of amidine groups is 1. The fourth-order valence-electron chi connectivity index (χ4n) is 1.48. The summed E-state index contributed by atoms with van der Waals surface area (Å²) >= 11 is 0. The van der Waals surface area contributed by atoms with E-state index < -0.39 is 0 Å². The van der Waals surface area contributed by atoms with E-state index in [9.17, 15) is 4.79 Å². The zero-order valence-electron chi connectivity index (χ0n) is 10.4. The summed E-state index contributed by atoms with van der Waals surface area (Å²) in [7, 11) is 1.71. The van der Waals surface area contributed by atoms with Crippen LogP contribution in [0.2, 0.25) is 0 Å². The lowest BCUT2D eigenvalue weighted by Crippen LogP contribution is -2.32. The van der Waals surface area contributed by atoms with Gasteiger partial charge in [0.2, 0.25) is 0 Å². The largest absolute Gasteiger partial charge is 0.384 e. The molecule has 0 aliphatic rings. The molecule has 0 aromatic heterocycles. The van der Waals surface area contributed by atoms with Gasteiger partial charge in [-0.1, -0.05) is 12.1 Å². The van der Waals surface area contributed by atoms with Crippen LogP contribution in [-0.4, -0.2) is 30.4 Å². The third-order valence-corrected chi connectivity index (χ3v) is 2.60. The van der Waals surface area contributed by atoms with E-state index in [2.05, 4.69) is 5.32 Å². The SMILES string of the molecule is CCN(C)C(=O)Nc1cccc(C)c1C(=N)N. The van der Waals surface area contributed by atoms with Crippen LogP contribution in [0.1, 0.15) is 18.1 Å². The van der Waals surface area contributed by atoms with Gasteiger partial charge in [-0.3, -0.25) is 5.41 Å². The Morgan fingerprint density at radius 2 is 2.18 bits per heavy atom. The summed E-state index contributed by atoms with van der Waals surface area (Å²) in [5.74, 6) is -0.0439. The molecule has 4 N–H and O–H groups in total. The van der Waals surface area contributed by atoms with E-state index >= 15 is 0 Å². The molecular formula is C12H18N4O. The molecule has 5 nitrogen and oxygen atoms in total. The fourth-order valence-corrected chi connectivity index (χ4v) is 1.48. The minimum Gasteiger partial charge on any atom is -0.384 e. The number of nitrogens with one attached hydrogen (secondary N) is 2. The number of carbonyl (C=O) groups excluding carboxylic acids is 1. The molecule has 1 aromatic rings. The number of nitrogen functional groups attached to an aromatic ring is 1. The molecule has 1 rings (SSSR count). The normalized spacial score (nSPS) is 9.82. The van der Waals surface area contributed by atoms with Crippen molar-refractivity contribution >= 4 is 17.6 Å². The lowest BCUT2D eigenvalue weighted by molar-refractivity contribution is 0.224. The van der Waals surface area contributed by atoms with Gasteiger partial charge in [-0.15, -0.1) is 0 Å². The molecule has 92 valence electrons. The predicted octanol–water partition coefficient (Wildman–Crippen LogP) is 1.76. The lowest BCUT2D eigenvalue weighted by Gasteiger charge is -2.18. The van der Waals surface area contributed by atoms with Crippen LogP contribution in [0.5, 0.6) is 0 Å². The predicted molar refractivity (Wildman–Crippen MR) is 69.5 cm³/mol. The minimum absolute atomic E-state index is 0.0439. The number of carbonyl (C=O) groups is 1. The highest BCUT2D eigenvalue weighted by molar-refractivity contribution is 6.05. The summed E-state index contributed by atoms with van der Waals surface area (Å²) in [5, 5.41) is 10.3. The molecule has 2 amide bonds. The van der Waals surface area contributed by atoms with Gasteiger partial charge >= 0.3 is 6.03 Å². The van der Waals surface area contributed by atoms with Crippen molar-refractivity contribution in [3.63, 3.8) is 0 Å². The van der Waals surface area contributed by atoms with Crippen LogP contribution in [0.3, 0.4) is 0 Å². The Labute approximate surface area is 101 Å². The van der Waals surface area contributed by atoms with Gasteiger partial charge in [-0.05, 0) is 25.5 Å². The van der Waals surface area contributed by atoms with Gasteiger partial charge in [-0.2, -0.15) is 0 Å². The van der Waals surface area contributed by atoms with Crippen molar-refractivity contribution < 1.29 is 4.79 Å². The molecule has 0 unspecified atom stereocenters. The summed E-state index contributed by atoms with van der Waals surface area (Å²) in [6, 6.07) is 5.21. The van der Waals surface area contributed by atoms with Crippen molar-refractivity contribution in [2.45, 2.75) is 13.8 Å². The van der Waals surface area contributed by atoms with Gasteiger partial charge in [0.15, 0.2) is 0 Å². The molecule has 0 aliphatic carbocycles. The molecule has 0 fully saturated rings. The van der Waals surface area contributed by atoms with Crippen molar-refractivity contribution in [2.24, 2.45) is 5.73 Å². The van der Waals surface area contributed by atoms with Crippen molar-refractivity contribution in [1.82, 2.24) is 4.90 Å². The van der Waals surface area contributed by atoms with Gasteiger partial charge in [0, 0.05) is 19.2 Å². The van der Waals surface area contributed by atoms with E-state index in [4.69, 9.17) is 11.1 Å². The van der Waals surface area contributed by atoms with Crippen LogP contribution >= 0.6 is 0 Å². The third-order valence-electron chi connectivity index (χ3n) is 2.60. The maximum absolute atomic E-state index is 11.7. The third kappa shape index (κ3) is 2.96. The summed E-state index contributed by atoms with van der Waals surface area (Å²) in [4.78, 5) is 13.3. The minimum atomic E-state index is -0.208. The molecule has 0 saturated carbocycles. The first-order valence-corrected chi connectivity index (χ1v) is 5.43. The topological polar surface area (TPSA) is 82.2 Å². The highest BCUT2D eigenvalue weighted by atomic mass is 16.2. The fraction of sp³-hybridized carbons (Fsp3) is 0.333. The van der Waals surface area contributed by atoms with E-state index in [0.717, 1.165) is 5.56 Å². The maximum Gasteiger partial charge on any atom is 0.321 e. The Hall–Kier alpha value is -2.04. The zero-order valence-corrected chi connectivity index (χ0v) is 10.4. The van der Waals surface area contributed by atoms with E-state index in [1.807, 2.05) is 26.0 Å².